The van der Waals surface area contributed by atoms with Crippen LogP contribution in [0.5, 0.6) is 11.5 Å². The highest BCUT2D eigenvalue weighted by Gasteiger charge is 2.28. The van der Waals surface area contributed by atoms with Crippen LogP contribution in [0.3, 0.4) is 0 Å². The van der Waals surface area contributed by atoms with Crippen LogP contribution in [0.25, 0.3) is 0 Å². The van der Waals surface area contributed by atoms with Crippen molar-refractivity contribution in [3.8, 4) is 11.5 Å². The van der Waals surface area contributed by atoms with Crippen molar-refractivity contribution >= 4 is 11.8 Å². The molecule has 2 aromatic rings. The Morgan fingerprint density at radius 3 is 2.48 bits per heavy atom. The van der Waals surface area contributed by atoms with Gasteiger partial charge in [0.15, 0.2) is 11.5 Å². The number of fused-ring (bicyclic) bond motifs is 1. The molecule has 0 saturated carbocycles. The maximum atomic E-state index is 13.4. The van der Waals surface area contributed by atoms with Gasteiger partial charge < -0.3 is 19.7 Å². The highest BCUT2D eigenvalue weighted by molar-refractivity contribution is 5.87. The molecular weight excluding hydrogens is 416 g/mol. The molecule has 3 rings (SSSR count). The zero-order chi connectivity index (χ0) is 23.8. The molecule has 0 fully saturated rings. The maximum Gasteiger partial charge on any atom is 0.242 e. The molecular formula is C27H36N2O4. The molecule has 0 aliphatic carbocycles. The summed E-state index contributed by atoms with van der Waals surface area (Å²) in [5.74, 6) is 1.69. The van der Waals surface area contributed by atoms with Crippen LogP contribution in [0.15, 0.2) is 42.5 Å². The fourth-order valence-electron chi connectivity index (χ4n) is 3.99. The number of benzene rings is 2. The van der Waals surface area contributed by atoms with Crippen molar-refractivity contribution in [2.75, 3.05) is 19.8 Å². The van der Waals surface area contributed by atoms with E-state index in [4.69, 9.17) is 9.47 Å². The first-order valence-electron chi connectivity index (χ1n) is 11.9. The number of hydrogen-bond donors (Lipinski definition) is 1. The highest BCUT2D eigenvalue weighted by Crippen LogP contribution is 2.31. The molecule has 2 amide bonds. The molecule has 1 aliphatic heterocycles. The predicted molar refractivity (Wildman–Crippen MR) is 129 cm³/mol. The van der Waals surface area contributed by atoms with Gasteiger partial charge in [0.1, 0.15) is 19.3 Å². The van der Waals surface area contributed by atoms with Crippen molar-refractivity contribution in [2.45, 2.75) is 59.5 Å². The van der Waals surface area contributed by atoms with Gasteiger partial charge in [-0.15, -0.1) is 0 Å². The first-order chi connectivity index (χ1) is 15.9. The van der Waals surface area contributed by atoms with E-state index in [0.717, 1.165) is 28.2 Å². The van der Waals surface area contributed by atoms with Crippen LogP contribution in [0.1, 0.15) is 50.3 Å². The monoisotopic (exact) mass is 452 g/mol. The summed E-state index contributed by atoms with van der Waals surface area (Å²) in [6, 6.07) is 13.4. The second-order valence-electron chi connectivity index (χ2n) is 9.05. The number of carbonyl (C=O) groups is 2. The summed E-state index contributed by atoms with van der Waals surface area (Å²) >= 11 is 0. The summed E-state index contributed by atoms with van der Waals surface area (Å²) in [5, 5.41) is 3.01. The molecule has 2 aromatic carbocycles. The van der Waals surface area contributed by atoms with Gasteiger partial charge in [-0.2, -0.15) is 0 Å². The van der Waals surface area contributed by atoms with Gasteiger partial charge >= 0.3 is 0 Å². The Morgan fingerprint density at radius 1 is 1.03 bits per heavy atom. The van der Waals surface area contributed by atoms with Crippen LogP contribution in [0, 0.1) is 12.8 Å². The van der Waals surface area contributed by atoms with E-state index in [-0.39, 0.29) is 11.8 Å². The molecule has 0 unspecified atom stereocenters. The van der Waals surface area contributed by atoms with E-state index in [1.54, 1.807) is 4.90 Å². The van der Waals surface area contributed by atoms with Crippen LogP contribution < -0.4 is 14.8 Å². The quantitative estimate of drug-likeness (QED) is 0.584. The number of hydrogen-bond acceptors (Lipinski definition) is 4. The molecule has 0 aromatic heterocycles. The lowest BCUT2D eigenvalue weighted by atomic mass is 10.0. The molecule has 0 saturated heterocycles. The molecule has 1 aliphatic rings. The van der Waals surface area contributed by atoms with Gasteiger partial charge in [0, 0.05) is 19.5 Å². The van der Waals surface area contributed by atoms with E-state index >= 15 is 0 Å². The van der Waals surface area contributed by atoms with Gasteiger partial charge in [-0.05, 0) is 48.9 Å². The molecule has 6 nitrogen and oxygen atoms in total. The van der Waals surface area contributed by atoms with Gasteiger partial charge in [-0.1, -0.05) is 56.7 Å². The van der Waals surface area contributed by atoms with E-state index < -0.39 is 6.04 Å². The zero-order valence-corrected chi connectivity index (χ0v) is 20.2. The Kier molecular flexibility index (Phi) is 8.75. The molecule has 178 valence electrons. The van der Waals surface area contributed by atoms with Crippen molar-refractivity contribution in [1.29, 1.82) is 0 Å². The van der Waals surface area contributed by atoms with Crippen LogP contribution in [0.4, 0.5) is 0 Å². The number of ether oxygens (including phenoxy) is 2. The van der Waals surface area contributed by atoms with Gasteiger partial charge in [-0.3, -0.25) is 9.59 Å². The van der Waals surface area contributed by atoms with Crippen molar-refractivity contribution in [1.82, 2.24) is 10.2 Å². The first-order valence-corrected chi connectivity index (χ1v) is 11.9. The Labute approximate surface area is 197 Å². The number of nitrogens with zero attached hydrogens (tertiary/aromatic N) is 1. The number of nitrogens with one attached hydrogen (secondary N) is 1. The summed E-state index contributed by atoms with van der Waals surface area (Å²) in [6.45, 7) is 10.2. The third-order valence-electron chi connectivity index (χ3n) is 5.74. The highest BCUT2D eigenvalue weighted by atomic mass is 16.6. The summed E-state index contributed by atoms with van der Waals surface area (Å²) in [5.41, 5.74) is 3.17. The molecule has 1 N–H and O–H groups in total. The number of rotatable bonds is 10. The Morgan fingerprint density at radius 2 is 1.79 bits per heavy atom. The van der Waals surface area contributed by atoms with Crippen LogP contribution >= 0.6 is 0 Å². The second-order valence-corrected chi connectivity index (χ2v) is 9.05. The van der Waals surface area contributed by atoms with Crippen LogP contribution in [-0.2, 0) is 22.6 Å². The molecule has 1 atom stereocenters. The van der Waals surface area contributed by atoms with Crippen molar-refractivity contribution in [2.24, 2.45) is 5.92 Å². The maximum absolute atomic E-state index is 13.4. The van der Waals surface area contributed by atoms with Gasteiger partial charge in [0.2, 0.25) is 11.8 Å². The lowest BCUT2D eigenvalue weighted by molar-refractivity contribution is -0.141. The molecule has 33 heavy (non-hydrogen) atoms. The van der Waals surface area contributed by atoms with E-state index in [9.17, 15) is 9.59 Å². The normalized spacial score (nSPS) is 13.5. The minimum atomic E-state index is -0.503. The lowest BCUT2D eigenvalue weighted by Gasteiger charge is -2.31. The summed E-state index contributed by atoms with van der Waals surface area (Å²) in [7, 11) is 0. The van der Waals surface area contributed by atoms with Crippen LogP contribution in [-0.4, -0.2) is 42.5 Å². The molecule has 0 radical (unpaired) electrons. The fourth-order valence-corrected chi connectivity index (χ4v) is 3.99. The second kappa shape index (κ2) is 11.7. The Bertz CT molecular complexity index is 957. The lowest BCUT2D eigenvalue weighted by Crippen LogP contribution is -2.49. The Hall–Kier alpha value is -3.02. The largest absolute Gasteiger partial charge is 0.486 e. The van der Waals surface area contributed by atoms with E-state index in [2.05, 4.69) is 25.2 Å². The molecule has 0 spiro atoms. The number of amides is 2. The minimum Gasteiger partial charge on any atom is -0.486 e. The minimum absolute atomic E-state index is 0.0297. The van der Waals surface area contributed by atoms with Crippen LogP contribution in [0.2, 0.25) is 0 Å². The Balaban J connectivity index is 1.75. The first kappa shape index (κ1) is 24.6. The van der Waals surface area contributed by atoms with Gasteiger partial charge in [0.05, 0.1) is 0 Å². The van der Waals surface area contributed by atoms with E-state index in [1.165, 1.54) is 0 Å². The third kappa shape index (κ3) is 6.98. The predicted octanol–water partition coefficient (Wildman–Crippen LogP) is 4.28. The topological polar surface area (TPSA) is 67.9 Å². The number of carbonyl (C=O) groups excluding carboxylic acids is 2. The molecule has 1 heterocycles. The van der Waals surface area contributed by atoms with E-state index in [1.807, 2.05) is 50.2 Å². The van der Waals surface area contributed by atoms with Crippen molar-refractivity contribution in [3.63, 3.8) is 0 Å². The number of aryl methyl sites for hydroxylation is 2. The SMILES string of the molecule is CC[C@H](C(=O)NCC(C)C)N(Cc1cccc(C)c1)C(=O)CCc1ccc2c(c1)OCCO2. The standard InChI is InChI=1S/C27H36N2O4/c1-5-23(27(31)28-17-19(2)3)29(18-22-8-6-7-20(4)15-22)26(30)12-10-21-9-11-24-25(16-21)33-14-13-32-24/h6-9,11,15-16,19,23H,5,10,12-14,17-18H2,1-4H3,(H,28,31)/t23-/m1/s1. The molecule has 0 bridgehead atoms. The van der Waals surface area contributed by atoms with Crippen molar-refractivity contribution < 1.29 is 19.1 Å². The van der Waals surface area contributed by atoms with Gasteiger partial charge in [0.25, 0.3) is 0 Å². The third-order valence-corrected chi connectivity index (χ3v) is 5.74. The average molecular weight is 453 g/mol. The van der Waals surface area contributed by atoms with E-state index in [0.29, 0.717) is 51.5 Å². The van der Waals surface area contributed by atoms with Crippen molar-refractivity contribution in [3.05, 3.63) is 59.2 Å². The zero-order valence-electron chi connectivity index (χ0n) is 20.2. The summed E-state index contributed by atoms with van der Waals surface area (Å²) in [4.78, 5) is 28.1. The average Bonchev–Trinajstić information content (AvgIpc) is 2.81. The van der Waals surface area contributed by atoms with Gasteiger partial charge in [-0.25, -0.2) is 0 Å². The summed E-state index contributed by atoms with van der Waals surface area (Å²) in [6.07, 6.45) is 1.45. The molecule has 6 heteroatoms. The smallest absolute Gasteiger partial charge is 0.242 e. The summed E-state index contributed by atoms with van der Waals surface area (Å²) < 4.78 is 11.3. The fraction of sp³-hybridized carbons (Fsp3) is 0.481.